The minimum Gasteiger partial charge on any atom is -0.478 e. The number of fused-ring (bicyclic) bond motifs is 8. The van der Waals surface area contributed by atoms with Gasteiger partial charge in [0.25, 0.3) is 0 Å². The Morgan fingerprint density at radius 2 is 0.829 bits per heavy atom. The van der Waals surface area contributed by atoms with Gasteiger partial charge >= 0.3 is 9.05 Å². The Hall–Kier alpha value is -8.00. The molecule has 8 aromatic rings. The van der Waals surface area contributed by atoms with E-state index < -0.39 is 9.05 Å². The normalized spacial score (nSPS) is 12.2. The minimum absolute atomic E-state index is 0.388. The zero-order valence-electron chi connectivity index (χ0n) is 39.8. The fourth-order valence-electron chi connectivity index (χ4n) is 8.96. The molecule has 3 aromatic heterocycles. The van der Waals surface area contributed by atoms with Crippen LogP contribution in [0.3, 0.4) is 0 Å². The average Bonchev–Trinajstić information content (AvgIpc) is 4.24. The quantitative estimate of drug-likeness (QED) is 0.0775. The van der Waals surface area contributed by atoms with Gasteiger partial charge in [-0.15, -0.1) is 0 Å². The van der Waals surface area contributed by atoms with Crippen LogP contribution in [0.25, 0.3) is 90.9 Å². The van der Waals surface area contributed by atoms with Crippen molar-refractivity contribution in [1.82, 2.24) is 19.9 Å². The van der Waals surface area contributed by atoms with Crippen LogP contribution in [-0.2, 0) is 13.3 Å². The van der Waals surface area contributed by atoms with Crippen LogP contribution in [0, 0.1) is 0 Å². The summed E-state index contributed by atoms with van der Waals surface area (Å²) in [4.78, 5) is 20.5. The number of aromatic nitrogens is 4. The smallest absolute Gasteiger partial charge is 0.478 e. The van der Waals surface area contributed by atoms with E-state index in [4.69, 9.17) is 37.9 Å². The molecule has 8 bridgehead atoms. The number of nitrogens with zero attached hydrogens (tertiary/aromatic N) is 5. The molecule has 0 aliphatic carbocycles. The van der Waals surface area contributed by atoms with Gasteiger partial charge in [-0.05, 0) is 122 Å². The molecule has 0 spiro atoms. The van der Waals surface area contributed by atoms with Crippen molar-refractivity contribution in [3.8, 4) is 50.3 Å². The summed E-state index contributed by atoms with van der Waals surface area (Å²) in [6.45, 7) is 6.86. The number of H-pyrrole nitrogens is 2. The third-order valence-electron chi connectivity index (χ3n) is 12.0. The van der Waals surface area contributed by atoms with Crippen molar-refractivity contribution in [2.24, 2.45) is 10.2 Å². The van der Waals surface area contributed by atoms with Crippen molar-refractivity contribution < 1.29 is 17.7 Å². The molecule has 11 nitrogen and oxygen atoms in total. The Morgan fingerprint density at radius 3 is 1.23 bits per heavy atom. The molecule has 0 amide bonds. The van der Waals surface area contributed by atoms with E-state index in [1.54, 1.807) is 0 Å². The van der Waals surface area contributed by atoms with Gasteiger partial charge in [-0.25, -0.2) is 9.97 Å². The number of benzene rings is 5. The van der Waals surface area contributed by atoms with Crippen molar-refractivity contribution in [3.05, 3.63) is 181 Å². The maximum absolute atomic E-state index is 6.45. The number of rotatable bonds is 15. The molecule has 0 fully saturated rings. The van der Waals surface area contributed by atoms with E-state index in [1.807, 2.05) is 88.3 Å². The standard InChI is InChI=1S/C58H53N7O4Si/c1-6-66-70(67-7-2,68-8-3)69-54-36-27-44(38-53(54)65(4)5)64-63-43-26-18-25-42(37-43)58-51-34-32-49(61-51)56(40-21-14-10-15-22-40)47-30-28-45(59-47)55(39-19-12-9-13-20-39)46-29-31-48(60-46)57(41-23-16-11-17-24-41)50-33-35-52(58)62-50/h9-38,59,62H,6-8H2,1-5H3. The first-order valence-electron chi connectivity index (χ1n) is 23.6. The largest absolute Gasteiger partial charge is 0.749 e. The summed E-state index contributed by atoms with van der Waals surface area (Å²) in [7, 11) is 0.435. The van der Waals surface area contributed by atoms with E-state index in [0.29, 0.717) is 36.9 Å². The molecular weight excluding hydrogens is 887 g/mol. The van der Waals surface area contributed by atoms with Gasteiger partial charge in [-0.3, -0.25) is 0 Å². The summed E-state index contributed by atoms with van der Waals surface area (Å²) in [6.07, 6.45) is 8.45. The highest BCUT2D eigenvalue weighted by Crippen LogP contribution is 2.40. The van der Waals surface area contributed by atoms with Gasteiger partial charge in [0.2, 0.25) is 0 Å². The SMILES string of the molecule is CCO[Si](OCC)(OCC)Oc1ccc(N=Nc2cccc(-c3c4nc(c(-c5ccccc5)c5ccc([nH]5)c(-c5ccccc5)c5nc(c(-c6ccccc6)c6ccc3[nH]6)C=C5)C=C4)c2)cc1N(C)C. The van der Waals surface area contributed by atoms with Gasteiger partial charge in [0.1, 0.15) is 5.75 Å². The molecular formula is C58H53N7O4Si. The predicted molar refractivity (Wildman–Crippen MR) is 287 cm³/mol. The zero-order valence-corrected chi connectivity index (χ0v) is 40.8. The first-order chi connectivity index (χ1) is 34.3. The molecule has 70 heavy (non-hydrogen) atoms. The van der Waals surface area contributed by atoms with Crippen LogP contribution in [0.1, 0.15) is 43.5 Å². The Balaban J connectivity index is 1.16. The van der Waals surface area contributed by atoms with Crippen LogP contribution in [0.15, 0.2) is 168 Å². The first kappa shape index (κ1) is 45.8. The first-order valence-corrected chi connectivity index (χ1v) is 25.2. The molecule has 5 heterocycles. The summed E-state index contributed by atoms with van der Waals surface area (Å²) in [6, 6.07) is 53.6. The molecule has 348 valence electrons. The van der Waals surface area contributed by atoms with Gasteiger partial charge in [0.15, 0.2) is 0 Å². The lowest BCUT2D eigenvalue weighted by Crippen LogP contribution is -2.52. The topological polar surface area (TPSA) is 122 Å². The monoisotopic (exact) mass is 939 g/mol. The number of azo groups is 1. The lowest BCUT2D eigenvalue weighted by Gasteiger charge is -2.29. The van der Waals surface area contributed by atoms with Crippen molar-refractivity contribution in [2.75, 3.05) is 38.8 Å². The molecule has 10 rings (SSSR count). The van der Waals surface area contributed by atoms with Crippen molar-refractivity contribution >= 4 is 72.5 Å². The number of aromatic amines is 2. The van der Waals surface area contributed by atoms with E-state index in [0.717, 1.165) is 95.0 Å². The molecule has 2 aliphatic rings. The minimum atomic E-state index is -3.46. The third kappa shape index (κ3) is 9.41. The summed E-state index contributed by atoms with van der Waals surface area (Å²) in [5, 5.41) is 9.52. The fourth-order valence-corrected chi connectivity index (χ4v) is 10.9. The summed E-state index contributed by atoms with van der Waals surface area (Å²) in [5.41, 5.74) is 17.1. The lowest BCUT2D eigenvalue weighted by molar-refractivity contribution is 0.00983. The summed E-state index contributed by atoms with van der Waals surface area (Å²) >= 11 is 0. The number of hydrogen-bond donors (Lipinski definition) is 2. The van der Waals surface area contributed by atoms with Crippen molar-refractivity contribution in [2.45, 2.75) is 20.8 Å². The Morgan fingerprint density at radius 1 is 0.443 bits per heavy atom. The fraction of sp³-hybridized carbons (Fsp3) is 0.138. The Labute approximate surface area is 409 Å². The number of hydrogen-bond acceptors (Lipinski definition) is 9. The lowest BCUT2D eigenvalue weighted by atomic mass is 10.0. The van der Waals surface area contributed by atoms with E-state index in [1.165, 1.54) is 0 Å². The maximum atomic E-state index is 6.45. The van der Waals surface area contributed by atoms with Crippen LogP contribution >= 0.6 is 0 Å². The molecule has 0 unspecified atom stereocenters. The second-order valence-electron chi connectivity index (χ2n) is 16.8. The van der Waals surface area contributed by atoms with Gasteiger partial charge in [-0.2, -0.15) is 10.2 Å². The average molecular weight is 940 g/mol. The number of anilines is 1. The van der Waals surface area contributed by atoms with E-state index in [-0.39, 0.29) is 0 Å². The second kappa shape index (κ2) is 20.3. The highest BCUT2D eigenvalue weighted by molar-refractivity contribution is 6.54. The molecule has 0 atom stereocenters. The molecule has 12 heteroatoms. The molecule has 2 N–H and O–H groups in total. The zero-order chi connectivity index (χ0) is 48.0. The third-order valence-corrected chi connectivity index (χ3v) is 14.4. The highest BCUT2D eigenvalue weighted by Gasteiger charge is 2.48. The maximum Gasteiger partial charge on any atom is 0.749 e. The van der Waals surface area contributed by atoms with Gasteiger partial charge in [-0.1, -0.05) is 103 Å². The Bertz CT molecular complexity index is 3390. The summed E-state index contributed by atoms with van der Waals surface area (Å²) < 4.78 is 24.4. The van der Waals surface area contributed by atoms with Crippen LogP contribution in [-0.4, -0.2) is 62.9 Å². The van der Waals surface area contributed by atoms with Gasteiger partial charge in [0, 0.05) is 78.2 Å². The highest BCUT2D eigenvalue weighted by atomic mass is 28.4. The number of nitrogens with one attached hydrogen (secondary N) is 2. The van der Waals surface area contributed by atoms with E-state index in [9.17, 15) is 0 Å². The second-order valence-corrected chi connectivity index (χ2v) is 18.9. The van der Waals surface area contributed by atoms with Crippen molar-refractivity contribution in [3.63, 3.8) is 0 Å². The molecule has 0 saturated heterocycles. The van der Waals surface area contributed by atoms with Gasteiger partial charge < -0.3 is 32.6 Å². The van der Waals surface area contributed by atoms with E-state index >= 15 is 0 Å². The molecule has 0 saturated carbocycles. The Kier molecular flexibility index (Phi) is 13.3. The van der Waals surface area contributed by atoms with Crippen LogP contribution < -0.4 is 9.33 Å². The van der Waals surface area contributed by atoms with Crippen molar-refractivity contribution in [1.29, 1.82) is 0 Å². The molecule has 5 aromatic carbocycles. The predicted octanol–water partition coefficient (Wildman–Crippen LogP) is 14.7. The van der Waals surface area contributed by atoms with Crippen LogP contribution in [0.2, 0.25) is 0 Å². The molecule has 2 aliphatic heterocycles. The van der Waals surface area contributed by atoms with Gasteiger partial charge in [0.05, 0.1) is 39.8 Å². The van der Waals surface area contributed by atoms with Crippen LogP contribution in [0.4, 0.5) is 17.1 Å². The summed E-state index contributed by atoms with van der Waals surface area (Å²) in [5.74, 6) is 0.568. The van der Waals surface area contributed by atoms with E-state index in [2.05, 4.69) is 143 Å². The van der Waals surface area contributed by atoms with Crippen LogP contribution in [0.5, 0.6) is 5.75 Å². The molecule has 0 radical (unpaired) electrons.